The number of carbonyl (C=O) groups is 5. The van der Waals surface area contributed by atoms with Gasteiger partial charge in [-0.15, -0.1) is 0 Å². The van der Waals surface area contributed by atoms with Crippen molar-refractivity contribution in [2.45, 2.75) is 167 Å². The first-order chi connectivity index (χ1) is 34.3. The van der Waals surface area contributed by atoms with Crippen LogP contribution in [0.1, 0.15) is 72.1 Å². The van der Waals surface area contributed by atoms with Crippen LogP contribution in [0.25, 0.3) is 0 Å². The van der Waals surface area contributed by atoms with Gasteiger partial charge in [-0.25, -0.2) is 0 Å². The molecule has 0 amide bonds. The fourth-order valence-corrected chi connectivity index (χ4v) is 8.37. The summed E-state index contributed by atoms with van der Waals surface area (Å²) in [5.41, 5.74) is 8.36. The van der Waals surface area contributed by atoms with Crippen molar-refractivity contribution in [1.29, 1.82) is 0 Å². The van der Waals surface area contributed by atoms with Gasteiger partial charge < -0.3 is 72.4 Å². The van der Waals surface area contributed by atoms with E-state index in [9.17, 15) is 29.1 Å². The second-order valence-corrected chi connectivity index (χ2v) is 18.8. The smallest absolute Gasteiger partial charge is 0.311 e. The van der Waals surface area contributed by atoms with E-state index in [1.165, 1.54) is 0 Å². The van der Waals surface area contributed by atoms with E-state index in [0.29, 0.717) is 0 Å². The van der Waals surface area contributed by atoms with Crippen LogP contribution in [0.5, 0.6) is 0 Å². The molecule has 6 rings (SSSR count). The predicted octanol–water partition coefficient (Wildman–Crippen LogP) is 3.97. The number of aliphatic hydroxyl groups excluding tert-OH is 1. The van der Waals surface area contributed by atoms with E-state index in [1.54, 1.807) is 27.7 Å². The second-order valence-electron chi connectivity index (χ2n) is 18.8. The quantitative estimate of drug-likeness (QED) is 0.120. The molecule has 0 aliphatic carbocycles. The third kappa shape index (κ3) is 15.6. The Hall–Kier alpha value is -5.39. The topological polar surface area (TPSA) is 252 Å². The van der Waals surface area contributed by atoms with Gasteiger partial charge in [0.1, 0.15) is 55.9 Å². The van der Waals surface area contributed by atoms with Crippen LogP contribution in [0.3, 0.4) is 0 Å². The number of esters is 5. The summed E-state index contributed by atoms with van der Waals surface area (Å²) in [4.78, 5) is 63.5. The maximum atomic E-state index is 13.3. The van der Waals surface area contributed by atoms with Gasteiger partial charge in [0.25, 0.3) is 0 Å². The van der Waals surface area contributed by atoms with E-state index < -0.39 is 141 Å². The van der Waals surface area contributed by atoms with E-state index in [0.717, 1.165) is 44.4 Å². The molecule has 20 nitrogen and oxygen atoms in total. The Balaban J connectivity index is 1.44. The van der Waals surface area contributed by atoms with Gasteiger partial charge >= 0.3 is 29.8 Å². The molecule has 15 atom stereocenters. The summed E-state index contributed by atoms with van der Waals surface area (Å²) in [5, 5.41) is 11.5. The van der Waals surface area contributed by atoms with Gasteiger partial charge in [-0.2, -0.15) is 0 Å². The predicted molar refractivity (Wildman–Crippen MR) is 250 cm³/mol. The minimum absolute atomic E-state index is 0.0520. The number of hydrogen-bond donors (Lipinski definition) is 2. The number of aliphatic hydroxyl groups is 1. The Bertz CT molecular complexity index is 2210. The Morgan fingerprint density at radius 2 is 0.944 bits per heavy atom. The summed E-state index contributed by atoms with van der Waals surface area (Å²) in [6.07, 6.45) is -19.1. The molecular weight excluding hydrogens is 943 g/mol. The molecule has 3 aliphatic rings. The zero-order valence-electron chi connectivity index (χ0n) is 41.7. The minimum Gasteiger partial charge on any atom is -0.463 e. The lowest BCUT2D eigenvalue weighted by atomic mass is 9.94. The van der Waals surface area contributed by atoms with Crippen LogP contribution in [0.4, 0.5) is 0 Å². The molecule has 72 heavy (non-hydrogen) atoms. The van der Waals surface area contributed by atoms with Crippen molar-refractivity contribution in [3.63, 3.8) is 0 Å². The number of rotatable bonds is 20. The molecule has 20 heteroatoms. The number of nitrogens with two attached hydrogens (primary N) is 1. The van der Waals surface area contributed by atoms with Crippen molar-refractivity contribution in [3.05, 3.63) is 108 Å². The highest BCUT2D eigenvalue weighted by molar-refractivity contribution is 5.75. The molecule has 3 fully saturated rings. The molecule has 3 aromatic rings. The van der Waals surface area contributed by atoms with E-state index in [4.69, 9.17) is 67.3 Å². The summed E-state index contributed by atoms with van der Waals surface area (Å²) < 4.78 is 80.9. The van der Waals surface area contributed by atoms with Crippen LogP contribution < -0.4 is 5.73 Å². The average molecular weight is 1010 g/mol. The number of hydrogen-bond acceptors (Lipinski definition) is 20. The maximum Gasteiger partial charge on any atom is 0.311 e. The first-order valence-electron chi connectivity index (χ1n) is 23.8. The van der Waals surface area contributed by atoms with E-state index in [-0.39, 0.29) is 19.8 Å². The zero-order chi connectivity index (χ0) is 52.1. The summed E-state index contributed by atoms with van der Waals surface area (Å²) in [6, 6.07) is 27.0. The monoisotopic (exact) mass is 1010 g/mol. The van der Waals surface area contributed by atoms with Gasteiger partial charge in [0.05, 0.1) is 37.4 Å². The zero-order valence-corrected chi connectivity index (χ0v) is 41.7. The summed E-state index contributed by atoms with van der Waals surface area (Å²) in [7, 11) is 0. The van der Waals surface area contributed by atoms with Crippen molar-refractivity contribution in [3.8, 4) is 0 Å². The van der Waals surface area contributed by atoms with Crippen LogP contribution in [0.2, 0.25) is 0 Å². The molecule has 0 bridgehead atoms. The van der Waals surface area contributed by atoms with E-state index in [2.05, 4.69) is 0 Å². The summed E-state index contributed by atoms with van der Waals surface area (Å²) in [5.74, 6) is -3.95. The highest BCUT2D eigenvalue weighted by Gasteiger charge is 2.57. The lowest BCUT2D eigenvalue weighted by Crippen LogP contribution is -2.69. The van der Waals surface area contributed by atoms with Gasteiger partial charge in [0.2, 0.25) is 0 Å². The van der Waals surface area contributed by atoms with Crippen molar-refractivity contribution >= 4 is 29.8 Å². The molecule has 3 aromatic carbocycles. The van der Waals surface area contributed by atoms with E-state index >= 15 is 0 Å². The van der Waals surface area contributed by atoms with Crippen molar-refractivity contribution in [2.75, 3.05) is 13.2 Å². The largest absolute Gasteiger partial charge is 0.463 e. The molecule has 3 N–H and O–H groups in total. The Morgan fingerprint density at radius 1 is 0.514 bits per heavy atom. The molecule has 394 valence electrons. The van der Waals surface area contributed by atoms with Crippen LogP contribution in [0, 0.1) is 5.41 Å². The normalized spacial score (nSPS) is 30.6. The lowest BCUT2D eigenvalue weighted by molar-refractivity contribution is -0.376. The van der Waals surface area contributed by atoms with Crippen LogP contribution >= 0.6 is 0 Å². The SMILES string of the molecule is CC(=O)OC[C@H]1O[C@@H](O[C@@H]2[C@@H](N)[C@H](O)O[C@H](COC(=O)C(C)(C)C)[C@H]2O[C@@H]2O[C@@H](C)[C@@H](OCc3ccccc3)[C@@H](OCc3ccccc3)[C@@H]2OCc2ccccc2)[C@H](OC(C)=O)[C@@H](OC(C)=O)[C@H]1OC(C)=O. The number of ether oxygens (including phenoxy) is 13. The number of carbonyl (C=O) groups excluding carboxylic acids is 5. The molecular formula is C52H67NO19. The lowest BCUT2D eigenvalue weighted by Gasteiger charge is -2.50. The minimum atomic E-state index is -1.81. The molecule has 0 radical (unpaired) electrons. The Kier molecular flexibility index (Phi) is 20.2. The fraction of sp³-hybridized carbons (Fsp3) is 0.558. The fourth-order valence-electron chi connectivity index (χ4n) is 8.37. The van der Waals surface area contributed by atoms with Crippen molar-refractivity contribution < 1.29 is 90.7 Å². The van der Waals surface area contributed by atoms with E-state index in [1.807, 2.05) is 91.0 Å². The summed E-state index contributed by atoms with van der Waals surface area (Å²) in [6.45, 7) is 10.4. The molecule has 0 unspecified atom stereocenters. The standard InChI is InChI=1S/C52H67NO19/c1-29-40(61-24-34-18-12-9-13-19-34)44(62-25-35-20-14-10-15-21-35)46(63-26-36-22-16-11-17-23-36)49(65-29)71-41-37(28-64-51(59)52(6,7)8)69-48(58)39(53)43(41)72-50-47(68-33(5)57)45(67-32(4)56)42(66-31(3)55)38(70-50)27-60-30(2)54/h9-23,29,37-50,58H,24-28,53H2,1-8H3/t29-,37+,38+,39+,40+,41+,42-,43+,44+,45-,46-,47+,48+,49-,50-/m0/s1. The van der Waals surface area contributed by atoms with Gasteiger partial charge in [0, 0.05) is 27.7 Å². The maximum absolute atomic E-state index is 13.3. The van der Waals surface area contributed by atoms with Crippen molar-refractivity contribution in [1.82, 2.24) is 0 Å². The van der Waals surface area contributed by atoms with Crippen molar-refractivity contribution in [2.24, 2.45) is 11.1 Å². The molecule has 0 aromatic heterocycles. The van der Waals surface area contributed by atoms with Crippen LogP contribution in [0.15, 0.2) is 91.0 Å². The molecule has 0 saturated carbocycles. The Morgan fingerprint density at radius 3 is 1.44 bits per heavy atom. The third-order valence-corrected chi connectivity index (χ3v) is 11.8. The van der Waals surface area contributed by atoms with Gasteiger partial charge in [-0.1, -0.05) is 91.0 Å². The molecule has 0 spiro atoms. The second kappa shape index (κ2) is 26.0. The molecule has 3 saturated heterocycles. The molecule has 3 aliphatic heterocycles. The Labute approximate surface area is 418 Å². The van der Waals surface area contributed by atoms with Gasteiger partial charge in [0.15, 0.2) is 37.2 Å². The third-order valence-electron chi connectivity index (χ3n) is 11.8. The first kappa shape index (κ1) is 55.9. The first-order valence-corrected chi connectivity index (χ1v) is 23.8. The number of benzene rings is 3. The van der Waals surface area contributed by atoms with Gasteiger partial charge in [-0.3, -0.25) is 24.0 Å². The van der Waals surface area contributed by atoms with Crippen LogP contribution in [-0.2, 0) is 105 Å². The summed E-state index contributed by atoms with van der Waals surface area (Å²) >= 11 is 0. The van der Waals surface area contributed by atoms with Crippen LogP contribution in [-0.4, -0.2) is 140 Å². The van der Waals surface area contributed by atoms with Gasteiger partial charge in [-0.05, 0) is 44.4 Å². The average Bonchev–Trinajstić information content (AvgIpc) is 3.33. The molecule has 3 heterocycles. The highest BCUT2D eigenvalue weighted by Crippen LogP contribution is 2.37. The highest BCUT2D eigenvalue weighted by atomic mass is 16.8.